The van der Waals surface area contributed by atoms with Gasteiger partial charge in [-0.15, -0.1) is 11.3 Å². The molecule has 0 N–H and O–H groups in total. The minimum atomic E-state index is -0.0880. The number of fused-ring (bicyclic) bond motifs is 12. The lowest BCUT2D eigenvalue weighted by Gasteiger charge is -2.23. The first-order valence-electron chi connectivity index (χ1n) is 24.2. The summed E-state index contributed by atoms with van der Waals surface area (Å²) >= 11 is 1.86. The fraction of sp³-hybridized carbons (Fsp3) is 0.0615. The maximum absolute atomic E-state index is 6.66. The van der Waals surface area contributed by atoms with Crippen LogP contribution in [0.4, 0.5) is 0 Å². The van der Waals surface area contributed by atoms with Crippen molar-refractivity contribution in [3.05, 3.63) is 234 Å². The molecule has 70 heavy (non-hydrogen) atoms. The highest BCUT2D eigenvalue weighted by Crippen LogP contribution is 2.45. The minimum Gasteiger partial charge on any atom is -0.456 e. The molecule has 0 spiro atoms. The Balaban J connectivity index is 0.854. The topological polar surface area (TPSA) is 43.6 Å². The highest BCUT2D eigenvalue weighted by Gasteiger charge is 2.25. The number of para-hydroxylation sites is 2. The standard InChI is InChI=1S/C65H42N2O2S/c1-3-13-39(14-4-1)44-36-54(43-25-29-49-48-18-8-10-22-58(48)69-61(49)38-43)66-55(37-44)50-20-11-23-60-64(50)52-33-40(27-31-59(52)68-60)41-28-32-62-53(34-41)65-46(19-12-24-63(65)70-62)42-26-30-57-51(35-42)47-17-7-9-21-56(47)67(57)45-15-5-2-6-16-45/h1-7,9-17,19-35,37-38,54H,8,18,36H2. The van der Waals surface area contributed by atoms with Crippen molar-refractivity contribution >= 4 is 104 Å². The van der Waals surface area contributed by atoms with E-state index in [-0.39, 0.29) is 6.04 Å². The van der Waals surface area contributed by atoms with Crippen LogP contribution in [-0.4, -0.2) is 10.3 Å². The molecule has 1 aliphatic heterocycles. The Labute approximate surface area is 407 Å². The van der Waals surface area contributed by atoms with Gasteiger partial charge in [-0.2, -0.15) is 0 Å². The van der Waals surface area contributed by atoms with Crippen molar-refractivity contribution in [3.8, 4) is 27.9 Å². The molecule has 4 nitrogen and oxygen atoms in total. The Morgan fingerprint density at radius 2 is 1.27 bits per heavy atom. The van der Waals surface area contributed by atoms with Crippen molar-refractivity contribution in [3.63, 3.8) is 0 Å². The summed E-state index contributed by atoms with van der Waals surface area (Å²) < 4.78 is 18.0. The van der Waals surface area contributed by atoms with Crippen LogP contribution in [0.2, 0.25) is 0 Å². The van der Waals surface area contributed by atoms with Crippen molar-refractivity contribution in [2.24, 2.45) is 4.99 Å². The van der Waals surface area contributed by atoms with E-state index in [4.69, 9.17) is 13.8 Å². The Kier molecular flexibility index (Phi) is 8.75. The summed E-state index contributed by atoms with van der Waals surface area (Å²) in [7, 11) is 0. The van der Waals surface area contributed by atoms with Crippen LogP contribution in [0.15, 0.2) is 220 Å². The monoisotopic (exact) mass is 914 g/mol. The van der Waals surface area contributed by atoms with E-state index in [2.05, 4.69) is 217 Å². The zero-order chi connectivity index (χ0) is 45.9. The van der Waals surface area contributed by atoms with Gasteiger partial charge in [-0.1, -0.05) is 127 Å². The molecule has 13 aromatic rings. The van der Waals surface area contributed by atoms with Crippen LogP contribution in [0.25, 0.3) is 114 Å². The lowest BCUT2D eigenvalue weighted by atomic mass is 9.88. The summed E-state index contributed by atoms with van der Waals surface area (Å²) in [6, 6.07) is 70.6. The zero-order valence-electron chi connectivity index (χ0n) is 38.0. The van der Waals surface area contributed by atoms with E-state index in [1.807, 2.05) is 11.3 Å². The molecule has 0 saturated carbocycles. The number of dihydropyridines is 1. The van der Waals surface area contributed by atoms with Crippen LogP contribution in [0.5, 0.6) is 0 Å². The smallest absolute Gasteiger partial charge is 0.136 e. The highest BCUT2D eigenvalue weighted by molar-refractivity contribution is 7.26. The van der Waals surface area contributed by atoms with Gasteiger partial charge in [0.25, 0.3) is 0 Å². The number of aryl methyl sites for hydroxylation is 1. The van der Waals surface area contributed by atoms with Gasteiger partial charge in [0.15, 0.2) is 0 Å². The molecule has 5 heteroatoms. The summed E-state index contributed by atoms with van der Waals surface area (Å²) in [6.45, 7) is 0. The van der Waals surface area contributed by atoms with E-state index in [0.29, 0.717) is 0 Å². The molecule has 330 valence electrons. The maximum Gasteiger partial charge on any atom is 0.136 e. The van der Waals surface area contributed by atoms with Crippen LogP contribution in [0.1, 0.15) is 46.9 Å². The SMILES string of the molecule is C1=Cc2oc3cc(C4CC(c5ccccc5)=CC(c5cccc6oc7ccc(-c8ccc9sc%10cccc(-c%11ccc%12c(c%11)c%11ccccc%11n%12-c%11ccccc%11)c%10c9c8)cc7c56)=N4)ccc3c2CC1. The number of benzene rings is 9. The van der Waals surface area contributed by atoms with E-state index in [1.54, 1.807) is 0 Å². The zero-order valence-corrected chi connectivity index (χ0v) is 38.8. The number of rotatable bonds is 6. The molecule has 0 amide bonds. The first kappa shape index (κ1) is 39.5. The molecule has 15 rings (SSSR count). The molecule has 5 heterocycles. The first-order valence-corrected chi connectivity index (χ1v) is 25.0. The summed E-state index contributed by atoms with van der Waals surface area (Å²) in [4.78, 5) is 5.58. The van der Waals surface area contributed by atoms with Crippen molar-refractivity contribution in [2.75, 3.05) is 0 Å². The van der Waals surface area contributed by atoms with Crippen LogP contribution in [-0.2, 0) is 6.42 Å². The van der Waals surface area contributed by atoms with Crippen molar-refractivity contribution < 1.29 is 8.83 Å². The molecule has 1 aliphatic carbocycles. The number of aliphatic imine (C=N–C) groups is 1. The number of hydrogen-bond donors (Lipinski definition) is 0. The Hall–Kier alpha value is -8.51. The minimum absolute atomic E-state index is 0.0880. The second-order valence-electron chi connectivity index (χ2n) is 18.8. The fourth-order valence-corrected chi connectivity index (χ4v) is 12.7. The molecule has 9 aromatic carbocycles. The van der Waals surface area contributed by atoms with E-state index in [0.717, 1.165) is 74.9 Å². The molecular formula is C65H42N2O2S. The number of furan rings is 2. The molecule has 0 radical (unpaired) electrons. The molecule has 2 aliphatic rings. The summed E-state index contributed by atoms with van der Waals surface area (Å²) in [5, 5.41) is 8.44. The lowest BCUT2D eigenvalue weighted by molar-refractivity contribution is 0.594. The van der Waals surface area contributed by atoms with Gasteiger partial charge in [0.05, 0.1) is 22.8 Å². The molecule has 0 saturated heterocycles. The Morgan fingerprint density at radius 1 is 0.500 bits per heavy atom. The lowest BCUT2D eigenvalue weighted by Crippen LogP contribution is -2.10. The highest BCUT2D eigenvalue weighted by atomic mass is 32.1. The van der Waals surface area contributed by atoms with Gasteiger partial charge in [-0.25, -0.2) is 0 Å². The summed E-state index contributed by atoms with van der Waals surface area (Å²) in [5.41, 5.74) is 18.0. The van der Waals surface area contributed by atoms with Crippen molar-refractivity contribution in [1.82, 2.24) is 4.57 Å². The summed E-state index contributed by atoms with van der Waals surface area (Å²) in [6.07, 6.45) is 9.48. The number of hydrogen-bond acceptors (Lipinski definition) is 4. The van der Waals surface area contributed by atoms with E-state index in [1.165, 1.54) is 86.4 Å². The second kappa shape index (κ2) is 15.5. The molecule has 0 bridgehead atoms. The molecule has 0 fully saturated rings. The largest absolute Gasteiger partial charge is 0.456 e. The third-order valence-electron chi connectivity index (χ3n) is 14.8. The van der Waals surface area contributed by atoms with Crippen LogP contribution in [0, 0.1) is 0 Å². The van der Waals surface area contributed by atoms with Gasteiger partial charge in [0.1, 0.15) is 22.5 Å². The number of aromatic nitrogens is 1. The van der Waals surface area contributed by atoms with Crippen molar-refractivity contribution in [1.29, 1.82) is 0 Å². The van der Waals surface area contributed by atoms with Crippen LogP contribution >= 0.6 is 11.3 Å². The number of nitrogens with zero attached hydrogens (tertiary/aromatic N) is 2. The molecule has 4 aromatic heterocycles. The fourth-order valence-electron chi connectivity index (χ4n) is 11.5. The van der Waals surface area contributed by atoms with Gasteiger partial charge in [-0.3, -0.25) is 4.99 Å². The predicted molar refractivity (Wildman–Crippen MR) is 294 cm³/mol. The van der Waals surface area contributed by atoms with E-state index < -0.39 is 0 Å². The average Bonchev–Trinajstić information content (AvgIpc) is 4.19. The second-order valence-corrected chi connectivity index (χ2v) is 19.9. The van der Waals surface area contributed by atoms with Gasteiger partial charge < -0.3 is 13.4 Å². The van der Waals surface area contributed by atoms with Gasteiger partial charge in [-0.05, 0) is 143 Å². The van der Waals surface area contributed by atoms with Crippen LogP contribution < -0.4 is 0 Å². The normalized spacial score (nSPS) is 14.9. The van der Waals surface area contributed by atoms with E-state index in [9.17, 15) is 0 Å². The van der Waals surface area contributed by atoms with Crippen LogP contribution in [0.3, 0.4) is 0 Å². The summed E-state index contributed by atoms with van der Waals surface area (Å²) in [5.74, 6) is 0.986. The molecule has 1 atom stereocenters. The van der Waals surface area contributed by atoms with Gasteiger partial charge in [0.2, 0.25) is 0 Å². The third kappa shape index (κ3) is 6.18. The Bertz CT molecular complexity index is 4390. The number of allylic oxidation sites excluding steroid dienone is 2. The average molecular weight is 915 g/mol. The maximum atomic E-state index is 6.66. The Morgan fingerprint density at radius 3 is 2.19 bits per heavy atom. The van der Waals surface area contributed by atoms with Crippen molar-refractivity contribution in [2.45, 2.75) is 25.3 Å². The first-order chi connectivity index (χ1) is 34.7. The predicted octanol–water partition coefficient (Wildman–Crippen LogP) is 18.1. The quantitative estimate of drug-likeness (QED) is 0.167. The molecule has 1 unspecified atom stereocenters. The van der Waals surface area contributed by atoms with Gasteiger partial charge in [0, 0.05) is 63.9 Å². The van der Waals surface area contributed by atoms with E-state index >= 15 is 0 Å². The molecular weight excluding hydrogens is 873 g/mol. The van der Waals surface area contributed by atoms with Gasteiger partial charge >= 0.3 is 0 Å². The third-order valence-corrected chi connectivity index (χ3v) is 16.0. The number of thiophene rings is 1.